The number of thioether (sulfide) groups is 1. The van der Waals surface area contributed by atoms with Crippen LogP contribution in [0.25, 0.3) is 6.08 Å². The number of carbonyl (C=O) groups is 2. The van der Waals surface area contributed by atoms with Crippen molar-refractivity contribution in [1.29, 1.82) is 0 Å². The van der Waals surface area contributed by atoms with Crippen molar-refractivity contribution < 1.29 is 9.59 Å². The molecular formula is C18H13Cl2NO2S. The lowest BCUT2D eigenvalue weighted by Gasteiger charge is -2.12. The molecule has 0 saturated carbocycles. The Morgan fingerprint density at radius 1 is 1.04 bits per heavy atom. The van der Waals surface area contributed by atoms with Crippen LogP contribution in [0.4, 0.5) is 4.79 Å². The van der Waals surface area contributed by atoms with Crippen molar-refractivity contribution in [2.45, 2.75) is 13.5 Å². The first-order chi connectivity index (χ1) is 11.4. The molecule has 6 heteroatoms. The Bertz CT molecular complexity index is 847. The molecule has 122 valence electrons. The van der Waals surface area contributed by atoms with Gasteiger partial charge >= 0.3 is 0 Å². The maximum Gasteiger partial charge on any atom is 0.293 e. The molecule has 3 rings (SSSR count). The Balaban J connectivity index is 1.81. The molecule has 2 aromatic carbocycles. The van der Waals surface area contributed by atoms with Gasteiger partial charge < -0.3 is 0 Å². The molecule has 0 bridgehead atoms. The molecule has 0 aromatic heterocycles. The minimum atomic E-state index is -0.295. The van der Waals surface area contributed by atoms with Crippen molar-refractivity contribution in [2.75, 3.05) is 0 Å². The normalized spacial score (nSPS) is 16.3. The zero-order valence-corrected chi connectivity index (χ0v) is 15.1. The topological polar surface area (TPSA) is 37.4 Å². The molecule has 1 aliphatic heterocycles. The summed E-state index contributed by atoms with van der Waals surface area (Å²) >= 11 is 12.8. The lowest BCUT2D eigenvalue weighted by atomic mass is 10.1. The summed E-state index contributed by atoms with van der Waals surface area (Å²) in [5.74, 6) is -0.295. The Morgan fingerprint density at radius 2 is 1.75 bits per heavy atom. The number of hydrogen-bond acceptors (Lipinski definition) is 3. The Kier molecular flexibility index (Phi) is 4.99. The van der Waals surface area contributed by atoms with Gasteiger partial charge in [0.1, 0.15) is 0 Å². The first-order valence-corrected chi connectivity index (χ1v) is 8.77. The predicted octanol–water partition coefficient (Wildman–Crippen LogP) is 5.54. The van der Waals surface area contributed by atoms with Crippen LogP contribution in [0.1, 0.15) is 16.7 Å². The molecule has 0 unspecified atom stereocenters. The third-order valence-corrected chi connectivity index (χ3v) is 5.22. The minimum absolute atomic E-state index is 0.268. The smallest absolute Gasteiger partial charge is 0.268 e. The first-order valence-electron chi connectivity index (χ1n) is 7.20. The fourth-order valence-electron chi connectivity index (χ4n) is 2.27. The van der Waals surface area contributed by atoms with Gasteiger partial charge in [-0.25, -0.2) is 0 Å². The van der Waals surface area contributed by atoms with Crippen LogP contribution in [0.15, 0.2) is 47.4 Å². The molecule has 3 nitrogen and oxygen atoms in total. The van der Waals surface area contributed by atoms with E-state index in [4.69, 9.17) is 23.2 Å². The third-order valence-electron chi connectivity index (χ3n) is 3.58. The molecule has 0 radical (unpaired) electrons. The molecule has 0 spiro atoms. The molecule has 2 amide bonds. The quantitative estimate of drug-likeness (QED) is 0.659. The zero-order valence-electron chi connectivity index (χ0n) is 12.8. The van der Waals surface area contributed by atoms with Crippen molar-refractivity contribution in [1.82, 2.24) is 4.90 Å². The van der Waals surface area contributed by atoms with E-state index < -0.39 is 0 Å². The van der Waals surface area contributed by atoms with Crippen molar-refractivity contribution in [3.8, 4) is 0 Å². The second kappa shape index (κ2) is 7.01. The number of nitrogens with zero attached hydrogens (tertiary/aromatic N) is 1. The van der Waals surface area contributed by atoms with Crippen LogP contribution >= 0.6 is 35.0 Å². The van der Waals surface area contributed by atoms with Crippen LogP contribution in [0, 0.1) is 6.92 Å². The van der Waals surface area contributed by atoms with Gasteiger partial charge in [-0.15, -0.1) is 0 Å². The van der Waals surface area contributed by atoms with E-state index in [-0.39, 0.29) is 17.7 Å². The molecule has 1 fully saturated rings. The highest BCUT2D eigenvalue weighted by atomic mass is 35.5. The Labute approximate surface area is 154 Å². The summed E-state index contributed by atoms with van der Waals surface area (Å²) in [6, 6.07) is 12.8. The van der Waals surface area contributed by atoms with Crippen molar-refractivity contribution >= 4 is 52.2 Å². The van der Waals surface area contributed by atoms with E-state index in [0.29, 0.717) is 15.0 Å². The Hall–Kier alpha value is -1.75. The molecule has 1 saturated heterocycles. The number of carbonyl (C=O) groups excluding carboxylic acids is 2. The molecular weight excluding hydrogens is 365 g/mol. The van der Waals surface area contributed by atoms with E-state index in [2.05, 4.69) is 0 Å². The lowest BCUT2D eigenvalue weighted by Crippen LogP contribution is -2.27. The van der Waals surface area contributed by atoms with Crippen LogP contribution in [-0.2, 0) is 11.3 Å². The van der Waals surface area contributed by atoms with Crippen molar-refractivity contribution in [3.05, 3.63) is 74.1 Å². The molecule has 1 heterocycles. The third kappa shape index (κ3) is 3.66. The second-order valence-corrected chi connectivity index (χ2v) is 7.23. The molecule has 0 N–H and O–H groups in total. The van der Waals surface area contributed by atoms with Gasteiger partial charge in [-0.1, -0.05) is 59.1 Å². The van der Waals surface area contributed by atoms with Gasteiger partial charge in [0.25, 0.3) is 11.1 Å². The highest BCUT2D eigenvalue weighted by molar-refractivity contribution is 8.18. The van der Waals surface area contributed by atoms with Crippen molar-refractivity contribution in [3.63, 3.8) is 0 Å². The van der Waals surface area contributed by atoms with Gasteiger partial charge in [0.2, 0.25) is 0 Å². The minimum Gasteiger partial charge on any atom is -0.268 e. The average molecular weight is 378 g/mol. The maximum atomic E-state index is 12.5. The summed E-state index contributed by atoms with van der Waals surface area (Å²) in [5.41, 5.74) is 2.77. The van der Waals surface area contributed by atoms with Gasteiger partial charge in [-0.3, -0.25) is 14.5 Å². The fourth-order valence-corrected chi connectivity index (χ4v) is 3.41. The predicted molar refractivity (Wildman–Crippen MR) is 99.2 cm³/mol. The molecule has 1 aliphatic rings. The van der Waals surface area contributed by atoms with E-state index in [1.54, 1.807) is 24.3 Å². The van der Waals surface area contributed by atoms with Gasteiger partial charge in [0.05, 0.1) is 21.5 Å². The summed E-state index contributed by atoms with van der Waals surface area (Å²) in [4.78, 5) is 26.3. The van der Waals surface area contributed by atoms with Crippen LogP contribution in [0.3, 0.4) is 0 Å². The number of halogens is 2. The van der Waals surface area contributed by atoms with Gasteiger partial charge in [-0.05, 0) is 48.0 Å². The monoisotopic (exact) mass is 377 g/mol. The van der Waals surface area contributed by atoms with Gasteiger partial charge in [0.15, 0.2) is 0 Å². The van der Waals surface area contributed by atoms with Crippen LogP contribution in [-0.4, -0.2) is 16.0 Å². The standard InChI is InChI=1S/C18H13Cl2NO2S/c1-11-2-4-12(5-3-11)10-21-17(22)16(24-18(21)23)9-13-6-7-14(19)15(20)8-13/h2-9H,10H2,1H3. The number of hydrogen-bond donors (Lipinski definition) is 0. The maximum absolute atomic E-state index is 12.5. The summed E-state index contributed by atoms with van der Waals surface area (Å²) < 4.78 is 0. The summed E-state index contributed by atoms with van der Waals surface area (Å²) in [6.45, 7) is 2.26. The number of amides is 2. The van der Waals surface area contributed by atoms with Crippen LogP contribution in [0.5, 0.6) is 0 Å². The van der Waals surface area contributed by atoms with Gasteiger partial charge in [-0.2, -0.15) is 0 Å². The molecule has 24 heavy (non-hydrogen) atoms. The van der Waals surface area contributed by atoms with Gasteiger partial charge in [0, 0.05) is 0 Å². The molecule has 0 atom stereocenters. The molecule has 0 aliphatic carbocycles. The van der Waals surface area contributed by atoms with E-state index in [1.807, 2.05) is 31.2 Å². The number of benzene rings is 2. The van der Waals surface area contributed by atoms with E-state index in [1.165, 1.54) is 4.90 Å². The van der Waals surface area contributed by atoms with Crippen LogP contribution < -0.4 is 0 Å². The summed E-state index contributed by atoms with van der Waals surface area (Å²) in [5, 5.41) is 0.581. The zero-order chi connectivity index (χ0) is 17.3. The molecule has 2 aromatic rings. The highest BCUT2D eigenvalue weighted by Gasteiger charge is 2.34. The summed E-state index contributed by atoms with van der Waals surface area (Å²) in [6.07, 6.45) is 1.66. The Morgan fingerprint density at radius 3 is 2.42 bits per heavy atom. The largest absolute Gasteiger partial charge is 0.293 e. The summed E-state index contributed by atoms with van der Waals surface area (Å²) in [7, 11) is 0. The van der Waals surface area contributed by atoms with Crippen molar-refractivity contribution in [2.24, 2.45) is 0 Å². The number of aryl methyl sites for hydroxylation is 1. The van der Waals surface area contributed by atoms with E-state index >= 15 is 0 Å². The van der Waals surface area contributed by atoms with Crippen LogP contribution in [0.2, 0.25) is 10.0 Å². The highest BCUT2D eigenvalue weighted by Crippen LogP contribution is 2.34. The average Bonchev–Trinajstić information content (AvgIpc) is 2.80. The first kappa shape index (κ1) is 17.1. The second-order valence-electron chi connectivity index (χ2n) is 5.43. The fraction of sp³-hybridized carbons (Fsp3) is 0.111. The number of rotatable bonds is 3. The lowest BCUT2D eigenvalue weighted by molar-refractivity contribution is -0.123. The van der Waals surface area contributed by atoms with E-state index in [9.17, 15) is 9.59 Å². The SMILES string of the molecule is Cc1ccc(CN2C(=O)SC(=Cc3ccc(Cl)c(Cl)c3)C2=O)cc1. The number of imide groups is 1. The van der Waals surface area contributed by atoms with E-state index in [0.717, 1.165) is 28.5 Å².